The number of nitrogens with one attached hydrogen (secondary N) is 3. The van der Waals surface area contributed by atoms with Crippen LogP contribution in [0.15, 0.2) is 48.7 Å². The number of rotatable bonds is 7. The van der Waals surface area contributed by atoms with Crippen molar-refractivity contribution >= 4 is 27.7 Å². The number of carbonyl (C=O) groups is 1. The summed E-state index contributed by atoms with van der Waals surface area (Å²) in [6.45, 7) is 9.39. The number of H-pyrrole nitrogens is 2. The van der Waals surface area contributed by atoms with Crippen LogP contribution in [0, 0.1) is 0 Å². The molecule has 36 heavy (non-hydrogen) atoms. The van der Waals surface area contributed by atoms with Crippen molar-refractivity contribution in [1.82, 2.24) is 20.2 Å². The number of piperidine rings is 1. The van der Waals surface area contributed by atoms with Gasteiger partial charge in [-0.25, -0.2) is 0 Å². The van der Waals surface area contributed by atoms with Gasteiger partial charge in [-0.1, -0.05) is 0 Å². The van der Waals surface area contributed by atoms with E-state index in [0.29, 0.717) is 5.92 Å². The van der Waals surface area contributed by atoms with Gasteiger partial charge in [0, 0.05) is 50.7 Å². The monoisotopic (exact) mass is 486 g/mol. The summed E-state index contributed by atoms with van der Waals surface area (Å²) in [6, 6.07) is 14.5. The van der Waals surface area contributed by atoms with E-state index in [1.54, 1.807) is 7.11 Å². The number of benzene rings is 2. The van der Waals surface area contributed by atoms with Gasteiger partial charge in [0.25, 0.3) is 5.91 Å². The smallest absolute Gasteiger partial charge is 0.251 e. The molecule has 3 N–H and O–H groups in total. The van der Waals surface area contributed by atoms with Gasteiger partial charge in [0.1, 0.15) is 5.75 Å². The first-order valence-electron chi connectivity index (χ1n) is 13.1. The summed E-state index contributed by atoms with van der Waals surface area (Å²) >= 11 is 0. The molecule has 0 aliphatic carbocycles. The lowest BCUT2D eigenvalue weighted by Crippen LogP contribution is -2.40. The Morgan fingerprint density at radius 3 is 2.61 bits per heavy atom. The van der Waals surface area contributed by atoms with E-state index in [9.17, 15) is 4.79 Å². The summed E-state index contributed by atoms with van der Waals surface area (Å²) in [5, 5.41) is 5.45. The van der Waals surface area contributed by atoms with E-state index < -0.39 is 0 Å². The molecule has 6 heteroatoms. The van der Waals surface area contributed by atoms with Crippen LogP contribution in [-0.4, -0.2) is 53.1 Å². The highest BCUT2D eigenvalue weighted by atomic mass is 16.5. The van der Waals surface area contributed by atoms with Crippen molar-refractivity contribution in [2.45, 2.75) is 57.9 Å². The van der Waals surface area contributed by atoms with Crippen molar-refractivity contribution < 1.29 is 9.53 Å². The minimum atomic E-state index is -0.248. The van der Waals surface area contributed by atoms with E-state index >= 15 is 0 Å². The number of hydrogen-bond acceptors (Lipinski definition) is 3. The van der Waals surface area contributed by atoms with Crippen LogP contribution in [0.5, 0.6) is 5.75 Å². The molecule has 0 unspecified atom stereocenters. The summed E-state index contributed by atoms with van der Waals surface area (Å²) in [4.78, 5) is 22.2. The number of amides is 1. The van der Waals surface area contributed by atoms with Crippen LogP contribution in [0.1, 0.15) is 67.6 Å². The molecule has 5 rings (SSSR count). The molecule has 2 aromatic carbocycles. The van der Waals surface area contributed by atoms with Crippen LogP contribution in [0.3, 0.4) is 0 Å². The molecule has 4 aromatic rings. The van der Waals surface area contributed by atoms with Crippen molar-refractivity contribution in [2.24, 2.45) is 0 Å². The lowest BCUT2D eigenvalue weighted by atomic mass is 9.93. The number of fused-ring (bicyclic) bond motifs is 2. The van der Waals surface area contributed by atoms with Gasteiger partial charge in [-0.15, -0.1) is 0 Å². The molecule has 0 radical (unpaired) electrons. The molecule has 1 fully saturated rings. The predicted octanol–water partition coefficient (Wildman–Crippen LogP) is 6.00. The number of aromatic nitrogens is 2. The Morgan fingerprint density at radius 1 is 1.08 bits per heavy atom. The SMILES string of the molecule is COc1ccc2[nH]c(C3CCN(CCCc4c[nH]c5ccc(C(=O)NC(C)(C)C)cc45)CC3)cc2c1. The summed E-state index contributed by atoms with van der Waals surface area (Å²) in [5.74, 6) is 1.47. The van der Waals surface area contributed by atoms with Gasteiger partial charge in [-0.3, -0.25) is 4.79 Å². The van der Waals surface area contributed by atoms with Crippen LogP contribution in [-0.2, 0) is 6.42 Å². The fraction of sp³-hybridized carbons (Fsp3) is 0.433. The van der Waals surface area contributed by atoms with E-state index in [0.717, 1.165) is 54.7 Å². The van der Waals surface area contributed by atoms with Crippen molar-refractivity contribution in [3.63, 3.8) is 0 Å². The number of ether oxygens (including phenoxy) is 1. The molecular weight excluding hydrogens is 448 g/mol. The number of nitrogens with zero attached hydrogens (tertiary/aromatic N) is 1. The zero-order valence-corrected chi connectivity index (χ0v) is 21.9. The molecule has 0 spiro atoms. The second-order valence-corrected chi connectivity index (χ2v) is 11.2. The van der Waals surface area contributed by atoms with E-state index in [4.69, 9.17) is 4.74 Å². The Bertz CT molecular complexity index is 1350. The highest BCUT2D eigenvalue weighted by Gasteiger charge is 2.22. The zero-order valence-electron chi connectivity index (χ0n) is 21.9. The fourth-order valence-electron chi connectivity index (χ4n) is 5.38. The topological polar surface area (TPSA) is 73.1 Å². The third-order valence-corrected chi connectivity index (χ3v) is 7.31. The molecule has 1 aliphatic rings. The number of hydrogen-bond donors (Lipinski definition) is 3. The Balaban J connectivity index is 1.15. The number of likely N-dealkylation sites (tertiary alicyclic amines) is 1. The fourth-order valence-corrected chi connectivity index (χ4v) is 5.38. The molecule has 1 saturated heterocycles. The molecule has 1 aliphatic heterocycles. The van der Waals surface area contributed by atoms with Crippen LogP contribution in [0.25, 0.3) is 21.8 Å². The van der Waals surface area contributed by atoms with Crippen LogP contribution in [0.2, 0.25) is 0 Å². The molecule has 0 saturated carbocycles. The summed E-state index contributed by atoms with van der Waals surface area (Å²) in [5.41, 5.74) is 5.39. The van der Waals surface area contributed by atoms with Crippen LogP contribution >= 0.6 is 0 Å². The van der Waals surface area contributed by atoms with E-state index in [1.165, 1.54) is 35.0 Å². The maximum Gasteiger partial charge on any atom is 0.251 e. The summed E-state index contributed by atoms with van der Waals surface area (Å²) in [7, 11) is 1.72. The largest absolute Gasteiger partial charge is 0.497 e. The molecule has 190 valence electrons. The minimum absolute atomic E-state index is 0.0199. The van der Waals surface area contributed by atoms with E-state index in [1.807, 2.05) is 45.0 Å². The maximum atomic E-state index is 12.6. The Kier molecular flexibility index (Phi) is 6.80. The average Bonchev–Trinajstić information content (AvgIpc) is 3.46. The number of aryl methyl sites for hydroxylation is 1. The number of carbonyl (C=O) groups excluding carboxylic acids is 1. The lowest BCUT2D eigenvalue weighted by Gasteiger charge is -2.31. The van der Waals surface area contributed by atoms with Gasteiger partial charge in [0.15, 0.2) is 0 Å². The standard InChI is InChI=1S/C30H38N4O2/c1-30(2,3)33-29(35)21-7-9-27-25(17-21)22(19-31-27)6-5-13-34-14-11-20(12-15-34)28-18-23-16-24(36-4)8-10-26(23)32-28/h7-10,16-20,31-32H,5-6,11-15H2,1-4H3,(H,33,35). The second kappa shape index (κ2) is 10.0. The van der Waals surface area contributed by atoms with Crippen molar-refractivity contribution in [2.75, 3.05) is 26.7 Å². The van der Waals surface area contributed by atoms with Crippen LogP contribution in [0.4, 0.5) is 0 Å². The quantitative estimate of drug-likeness (QED) is 0.300. The Hall–Kier alpha value is -3.25. The average molecular weight is 487 g/mol. The van der Waals surface area contributed by atoms with Gasteiger partial charge in [-0.2, -0.15) is 0 Å². The van der Waals surface area contributed by atoms with Gasteiger partial charge in [-0.05, 0) is 114 Å². The van der Waals surface area contributed by atoms with Crippen molar-refractivity contribution in [3.05, 3.63) is 65.5 Å². The minimum Gasteiger partial charge on any atom is -0.497 e. The first-order valence-corrected chi connectivity index (χ1v) is 13.1. The first-order chi connectivity index (χ1) is 17.3. The Morgan fingerprint density at radius 2 is 1.86 bits per heavy atom. The molecule has 6 nitrogen and oxygen atoms in total. The molecule has 2 aromatic heterocycles. The molecule has 0 bridgehead atoms. The summed E-state index contributed by atoms with van der Waals surface area (Å²) in [6.07, 6.45) is 6.59. The third kappa shape index (κ3) is 5.44. The van der Waals surface area contributed by atoms with E-state index in [2.05, 4.69) is 44.6 Å². The number of aromatic amines is 2. The van der Waals surface area contributed by atoms with Crippen molar-refractivity contribution in [1.29, 1.82) is 0 Å². The predicted molar refractivity (Wildman–Crippen MR) is 147 cm³/mol. The van der Waals surface area contributed by atoms with E-state index in [-0.39, 0.29) is 11.4 Å². The first kappa shape index (κ1) is 24.4. The third-order valence-electron chi connectivity index (χ3n) is 7.31. The highest BCUT2D eigenvalue weighted by Crippen LogP contribution is 2.31. The van der Waals surface area contributed by atoms with Crippen LogP contribution < -0.4 is 10.1 Å². The Labute approximate surface area is 213 Å². The normalized spacial score (nSPS) is 15.6. The van der Waals surface area contributed by atoms with Gasteiger partial charge >= 0.3 is 0 Å². The highest BCUT2D eigenvalue weighted by molar-refractivity contribution is 5.99. The second-order valence-electron chi connectivity index (χ2n) is 11.2. The molecular formula is C30H38N4O2. The van der Waals surface area contributed by atoms with Gasteiger partial charge < -0.3 is 24.9 Å². The molecule has 1 amide bonds. The molecule has 3 heterocycles. The lowest BCUT2D eigenvalue weighted by molar-refractivity contribution is 0.0919. The zero-order chi connectivity index (χ0) is 25.3. The van der Waals surface area contributed by atoms with Gasteiger partial charge in [0.2, 0.25) is 0 Å². The maximum absolute atomic E-state index is 12.6. The molecule has 0 atom stereocenters. The van der Waals surface area contributed by atoms with Gasteiger partial charge in [0.05, 0.1) is 7.11 Å². The van der Waals surface area contributed by atoms with Crippen molar-refractivity contribution in [3.8, 4) is 5.75 Å². The summed E-state index contributed by atoms with van der Waals surface area (Å²) < 4.78 is 5.37. The number of methoxy groups -OCH3 is 1.